The van der Waals surface area contributed by atoms with Crippen LogP contribution in [0.4, 0.5) is 0 Å². The van der Waals surface area contributed by atoms with Crippen molar-refractivity contribution in [3.63, 3.8) is 0 Å². The third-order valence-electron chi connectivity index (χ3n) is 2.91. The molecule has 0 radical (unpaired) electrons. The van der Waals surface area contributed by atoms with Gasteiger partial charge >= 0.3 is 0 Å². The van der Waals surface area contributed by atoms with Gasteiger partial charge in [0.1, 0.15) is 5.88 Å². The Labute approximate surface area is 122 Å². The van der Waals surface area contributed by atoms with Gasteiger partial charge in [-0.05, 0) is 23.4 Å². The molecule has 2 rings (SSSR count). The second-order valence-electron chi connectivity index (χ2n) is 4.26. The molecule has 0 saturated carbocycles. The first-order chi connectivity index (χ1) is 9.29. The van der Waals surface area contributed by atoms with Gasteiger partial charge in [0.15, 0.2) is 0 Å². The van der Waals surface area contributed by atoms with Crippen LogP contribution in [0.3, 0.4) is 0 Å². The van der Waals surface area contributed by atoms with Crippen molar-refractivity contribution in [3.05, 3.63) is 58.3 Å². The van der Waals surface area contributed by atoms with E-state index < -0.39 is 0 Å². The molecular weight excluding hydrogens is 278 g/mol. The molecule has 1 aromatic carbocycles. The van der Waals surface area contributed by atoms with Gasteiger partial charge in [-0.25, -0.2) is 0 Å². The molecule has 0 spiro atoms. The summed E-state index contributed by atoms with van der Waals surface area (Å²) >= 11 is 7.34. The molecule has 4 heteroatoms. The van der Waals surface area contributed by atoms with E-state index >= 15 is 0 Å². The van der Waals surface area contributed by atoms with Crippen LogP contribution in [-0.2, 0) is 17.8 Å². The zero-order valence-corrected chi connectivity index (χ0v) is 12.2. The van der Waals surface area contributed by atoms with Crippen molar-refractivity contribution in [2.24, 2.45) is 0 Å². The minimum atomic E-state index is -0.00834. The van der Waals surface area contributed by atoms with Crippen LogP contribution in [-0.4, -0.2) is 23.2 Å². The SMILES string of the molecule is O=C(CCl)N(CCc1ccccc1)Cc1cccs1. The van der Waals surface area contributed by atoms with Crippen LogP contribution in [0.2, 0.25) is 0 Å². The fourth-order valence-electron chi connectivity index (χ4n) is 1.88. The molecule has 2 aromatic rings. The molecule has 0 aliphatic heterocycles. The van der Waals surface area contributed by atoms with Gasteiger partial charge in [-0.3, -0.25) is 4.79 Å². The molecule has 0 aliphatic rings. The maximum atomic E-state index is 11.9. The Kier molecular flexibility index (Phi) is 5.43. The normalized spacial score (nSPS) is 10.4. The van der Waals surface area contributed by atoms with E-state index in [2.05, 4.69) is 12.1 Å². The summed E-state index contributed by atoms with van der Waals surface area (Å²) in [6.07, 6.45) is 0.856. The Morgan fingerprint density at radius 2 is 1.95 bits per heavy atom. The van der Waals surface area contributed by atoms with Crippen LogP contribution in [0.1, 0.15) is 10.4 Å². The molecule has 0 aliphatic carbocycles. The van der Waals surface area contributed by atoms with Crippen molar-refractivity contribution in [2.75, 3.05) is 12.4 Å². The number of hydrogen-bond acceptors (Lipinski definition) is 2. The summed E-state index contributed by atoms with van der Waals surface area (Å²) in [7, 11) is 0. The fraction of sp³-hybridized carbons (Fsp3) is 0.267. The lowest BCUT2D eigenvalue weighted by Crippen LogP contribution is -2.33. The molecule has 0 bridgehead atoms. The zero-order chi connectivity index (χ0) is 13.5. The lowest BCUT2D eigenvalue weighted by atomic mass is 10.1. The van der Waals surface area contributed by atoms with E-state index in [0.29, 0.717) is 13.1 Å². The van der Waals surface area contributed by atoms with Gasteiger partial charge in [0.05, 0.1) is 6.54 Å². The fourth-order valence-corrected chi connectivity index (χ4v) is 2.76. The van der Waals surface area contributed by atoms with E-state index in [-0.39, 0.29) is 11.8 Å². The Morgan fingerprint density at radius 1 is 1.16 bits per heavy atom. The number of carbonyl (C=O) groups is 1. The van der Waals surface area contributed by atoms with E-state index in [1.165, 1.54) is 10.4 Å². The summed E-state index contributed by atoms with van der Waals surface area (Å²) in [6.45, 7) is 1.35. The van der Waals surface area contributed by atoms with Crippen molar-refractivity contribution >= 4 is 28.8 Å². The average molecular weight is 294 g/mol. The lowest BCUT2D eigenvalue weighted by Gasteiger charge is -2.21. The number of rotatable bonds is 6. The Balaban J connectivity index is 1.96. The van der Waals surface area contributed by atoms with Crippen molar-refractivity contribution in [1.29, 1.82) is 0 Å². The van der Waals surface area contributed by atoms with Gasteiger partial charge in [0.2, 0.25) is 5.91 Å². The van der Waals surface area contributed by atoms with Crippen molar-refractivity contribution in [1.82, 2.24) is 4.90 Å². The Hall–Kier alpha value is -1.32. The molecule has 0 N–H and O–H groups in total. The Morgan fingerprint density at radius 3 is 2.58 bits per heavy atom. The smallest absolute Gasteiger partial charge is 0.237 e. The van der Waals surface area contributed by atoms with Crippen molar-refractivity contribution < 1.29 is 4.79 Å². The van der Waals surface area contributed by atoms with Gasteiger partial charge in [-0.15, -0.1) is 22.9 Å². The molecule has 0 saturated heterocycles. The van der Waals surface area contributed by atoms with Crippen LogP contribution in [0, 0.1) is 0 Å². The second kappa shape index (κ2) is 7.31. The van der Waals surface area contributed by atoms with E-state index in [1.807, 2.05) is 40.6 Å². The molecule has 100 valence electrons. The summed E-state index contributed by atoms with van der Waals surface area (Å²) in [6, 6.07) is 14.2. The Bertz CT molecular complexity index is 498. The third-order valence-corrected chi connectivity index (χ3v) is 4.00. The highest BCUT2D eigenvalue weighted by atomic mass is 35.5. The van der Waals surface area contributed by atoms with Gasteiger partial charge in [-0.1, -0.05) is 36.4 Å². The first kappa shape index (κ1) is 14.1. The summed E-state index contributed by atoms with van der Waals surface area (Å²) in [5.41, 5.74) is 1.24. The number of alkyl halides is 1. The van der Waals surface area contributed by atoms with Crippen molar-refractivity contribution in [3.8, 4) is 0 Å². The van der Waals surface area contributed by atoms with Gasteiger partial charge in [-0.2, -0.15) is 0 Å². The van der Waals surface area contributed by atoms with Gasteiger partial charge in [0.25, 0.3) is 0 Å². The van der Waals surface area contributed by atoms with Crippen LogP contribution < -0.4 is 0 Å². The molecule has 1 aromatic heterocycles. The molecule has 1 heterocycles. The number of amides is 1. The predicted molar refractivity (Wildman–Crippen MR) is 80.6 cm³/mol. The maximum Gasteiger partial charge on any atom is 0.237 e. The first-order valence-corrected chi connectivity index (χ1v) is 7.61. The molecule has 19 heavy (non-hydrogen) atoms. The summed E-state index contributed by atoms with van der Waals surface area (Å²) in [5, 5.41) is 2.02. The molecule has 2 nitrogen and oxygen atoms in total. The summed E-state index contributed by atoms with van der Waals surface area (Å²) in [4.78, 5) is 14.9. The number of carbonyl (C=O) groups excluding carboxylic acids is 1. The molecule has 1 amide bonds. The molecule has 0 atom stereocenters. The van der Waals surface area contributed by atoms with Crippen molar-refractivity contribution in [2.45, 2.75) is 13.0 Å². The van der Waals surface area contributed by atoms with Crippen LogP contribution in [0.25, 0.3) is 0 Å². The highest BCUT2D eigenvalue weighted by Gasteiger charge is 2.13. The van der Waals surface area contributed by atoms with E-state index in [9.17, 15) is 4.79 Å². The van der Waals surface area contributed by atoms with Crippen LogP contribution in [0.15, 0.2) is 47.8 Å². The molecule has 0 fully saturated rings. The third kappa shape index (κ3) is 4.37. The predicted octanol–water partition coefficient (Wildman–Crippen LogP) is 3.56. The van der Waals surface area contributed by atoms with Crippen LogP contribution >= 0.6 is 22.9 Å². The monoisotopic (exact) mass is 293 g/mol. The largest absolute Gasteiger partial charge is 0.336 e. The standard InChI is InChI=1S/C15H16ClNOS/c16-11-15(18)17(12-14-7-4-10-19-14)9-8-13-5-2-1-3-6-13/h1-7,10H,8-9,11-12H2. The number of halogens is 1. The van der Waals surface area contributed by atoms with E-state index in [4.69, 9.17) is 11.6 Å². The number of benzene rings is 1. The zero-order valence-electron chi connectivity index (χ0n) is 10.6. The number of hydrogen-bond donors (Lipinski definition) is 0. The van der Waals surface area contributed by atoms with E-state index in [1.54, 1.807) is 11.3 Å². The summed E-state index contributed by atoms with van der Waals surface area (Å²) in [5.74, 6) is 0.0335. The highest BCUT2D eigenvalue weighted by molar-refractivity contribution is 7.09. The van der Waals surface area contributed by atoms with Gasteiger partial charge in [0, 0.05) is 11.4 Å². The molecular formula is C15H16ClNOS. The minimum absolute atomic E-state index is 0.00834. The number of nitrogens with zero attached hydrogens (tertiary/aromatic N) is 1. The minimum Gasteiger partial charge on any atom is -0.336 e. The van der Waals surface area contributed by atoms with Gasteiger partial charge < -0.3 is 4.90 Å². The molecule has 0 unspecified atom stereocenters. The lowest BCUT2D eigenvalue weighted by molar-refractivity contribution is -0.129. The quantitative estimate of drug-likeness (QED) is 0.746. The number of thiophene rings is 1. The summed E-state index contributed by atoms with van der Waals surface area (Å²) < 4.78 is 0. The van der Waals surface area contributed by atoms with E-state index in [0.717, 1.165) is 6.42 Å². The maximum absolute atomic E-state index is 11.9. The average Bonchev–Trinajstić information content (AvgIpc) is 2.96. The first-order valence-electron chi connectivity index (χ1n) is 6.19. The second-order valence-corrected chi connectivity index (χ2v) is 5.56. The topological polar surface area (TPSA) is 20.3 Å². The van der Waals surface area contributed by atoms with Crippen LogP contribution in [0.5, 0.6) is 0 Å². The highest BCUT2D eigenvalue weighted by Crippen LogP contribution is 2.13.